The number of hydrogen-bond acceptors (Lipinski definition) is 2. The molecule has 128 valence electrons. The molecule has 2 heteroatoms. The summed E-state index contributed by atoms with van der Waals surface area (Å²) in [5.74, 6) is 0.134. The van der Waals surface area contributed by atoms with E-state index in [-0.39, 0.29) is 5.75 Å². The van der Waals surface area contributed by atoms with Crippen molar-refractivity contribution < 1.29 is 10.2 Å². The van der Waals surface area contributed by atoms with Crippen LogP contribution in [0.5, 0.6) is 5.75 Å². The third kappa shape index (κ3) is 1.44. The third-order valence-electron chi connectivity index (χ3n) is 6.33. The van der Waals surface area contributed by atoms with E-state index in [1.165, 1.54) is 0 Å². The first kappa shape index (κ1) is 15.4. The first-order chi connectivity index (χ1) is 12.5. The summed E-state index contributed by atoms with van der Waals surface area (Å²) in [7, 11) is 0. The highest BCUT2D eigenvalue weighted by atomic mass is 16.3. The Kier molecular flexibility index (Phi) is 2.76. The number of rotatable bonds is 1. The molecule has 6 rings (SSSR count). The van der Waals surface area contributed by atoms with E-state index in [1.807, 2.05) is 43.3 Å². The largest absolute Gasteiger partial charge is 0.508 e. The molecule has 26 heavy (non-hydrogen) atoms. The molecule has 0 saturated carbocycles. The van der Waals surface area contributed by atoms with Crippen LogP contribution in [0.1, 0.15) is 51.4 Å². The zero-order chi connectivity index (χ0) is 18.3. The molecule has 3 aliphatic rings. The van der Waals surface area contributed by atoms with Crippen molar-refractivity contribution >= 4 is 6.08 Å². The van der Waals surface area contributed by atoms with Gasteiger partial charge in [0.05, 0.1) is 0 Å². The highest BCUT2D eigenvalue weighted by molar-refractivity contribution is 5.79. The molecule has 3 aromatic carbocycles. The molecule has 0 radical (unpaired) electrons. The van der Waals surface area contributed by atoms with Crippen LogP contribution in [0.15, 0.2) is 61.2 Å². The molecular formula is C24H20O2. The molecule has 0 fully saturated rings. The Hall–Kier alpha value is -2.84. The lowest BCUT2D eigenvalue weighted by Crippen LogP contribution is -2.50. The second-order valence-electron chi connectivity index (χ2n) is 7.51. The van der Waals surface area contributed by atoms with Crippen LogP contribution in [0.2, 0.25) is 0 Å². The standard InChI is InChI=1S/C24H20O2/c1-4-15-9-6-11-17-21(15)24(26)20-14(2)8-5-10-16(20)23(17,3)18-12-7-13-19(25)22(18)24/h4-13,25-26H,1H2,2-3H3. The Labute approximate surface area is 153 Å². The summed E-state index contributed by atoms with van der Waals surface area (Å²) in [6.45, 7) is 8.17. The quantitative estimate of drug-likeness (QED) is 0.679. The predicted molar refractivity (Wildman–Crippen MR) is 103 cm³/mol. The van der Waals surface area contributed by atoms with Crippen LogP contribution in [0.3, 0.4) is 0 Å². The average molecular weight is 340 g/mol. The van der Waals surface area contributed by atoms with Crippen molar-refractivity contribution in [2.45, 2.75) is 24.9 Å². The van der Waals surface area contributed by atoms with Gasteiger partial charge < -0.3 is 10.2 Å². The molecule has 0 spiro atoms. The first-order valence-electron chi connectivity index (χ1n) is 8.88. The second kappa shape index (κ2) is 4.66. The zero-order valence-corrected chi connectivity index (χ0v) is 14.9. The van der Waals surface area contributed by atoms with Crippen LogP contribution in [0.25, 0.3) is 6.08 Å². The van der Waals surface area contributed by atoms with Gasteiger partial charge in [0.15, 0.2) is 0 Å². The first-order valence-corrected chi connectivity index (χ1v) is 8.88. The van der Waals surface area contributed by atoms with Crippen LogP contribution in [-0.2, 0) is 11.0 Å². The fourth-order valence-electron chi connectivity index (χ4n) is 5.27. The van der Waals surface area contributed by atoms with Crippen LogP contribution >= 0.6 is 0 Å². The SMILES string of the molecule is C=Cc1cccc2c1C1(O)c3c(C)cccc3C2(C)c2cccc(O)c21. The molecule has 0 aromatic heterocycles. The van der Waals surface area contributed by atoms with E-state index < -0.39 is 11.0 Å². The number of aromatic hydroxyl groups is 1. The van der Waals surface area contributed by atoms with E-state index in [2.05, 4.69) is 25.6 Å². The van der Waals surface area contributed by atoms with E-state index in [0.29, 0.717) is 5.56 Å². The number of benzene rings is 3. The number of phenols is 1. The minimum Gasteiger partial charge on any atom is -0.508 e. The van der Waals surface area contributed by atoms with Crippen molar-refractivity contribution in [3.05, 3.63) is 106 Å². The molecule has 2 unspecified atom stereocenters. The van der Waals surface area contributed by atoms with Gasteiger partial charge in [0.25, 0.3) is 0 Å². The highest BCUT2D eigenvalue weighted by Crippen LogP contribution is 2.63. The van der Waals surface area contributed by atoms with Crippen molar-refractivity contribution in [2.75, 3.05) is 0 Å². The second-order valence-corrected chi connectivity index (χ2v) is 7.51. The molecule has 0 heterocycles. The van der Waals surface area contributed by atoms with Gasteiger partial charge in [0.1, 0.15) is 11.4 Å². The van der Waals surface area contributed by atoms with Crippen LogP contribution in [-0.4, -0.2) is 10.2 Å². The van der Waals surface area contributed by atoms with Crippen molar-refractivity contribution in [1.82, 2.24) is 0 Å². The normalized spacial score (nSPS) is 24.6. The van der Waals surface area contributed by atoms with Crippen LogP contribution in [0.4, 0.5) is 0 Å². The summed E-state index contributed by atoms with van der Waals surface area (Å²) in [5.41, 5.74) is 5.58. The van der Waals surface area contributed by atoms with Gasteiger partial charge in [0.2, 0.25) is 0 Å². The van der Waals surface area contributed by atoms with Gasteiger partial charge in [-0.25, -0.2) is 0 Å². The molecule has 0 amide bonds. The molecule has 3 aromatic rings. The third-order valence-corrected chi connectivity index (χ3v) is 6.33. The maximum absolute atomic E-state index is 12.3. The Balaban J connectivity index is 2.09. The van der Waals surface area contributed by atoms with Crippen molar-refractivity contribution in [3.8, 4) is 5.75 Å². The average Bonchev–Trinajstić information content (AvgIpc) is 2.64. The Morgan fingerprint density at radius 3 is 2.12 bits per heavy atom. The number of aryl methyl sites for hydroxylation is 1. The van der Waals surface area contributed by atoms with Gasteiger partial charge in [-0.2, -0.15) is 0 Å². The number of aliphatic hydroxyl groups is 1. The van der Waals surface area contributed by atoms with Gasteiger partial charge in [-0.05, 0) is 47.7 Å². The van der Waals surface area contributed by atoms with Crippen molar-refractivity contribution in [1.29, 1.82) is 0 Å². The number of phenolic OH excluding ortho intramolecular Hbond substituents is 1. The minimum absolute atomic E-state index is 0.134. The van der Waals surface area contributed by atoms with Gasteiger partial charge in [-0.15, -0.1) is 0 Å². The molecule has 3 aliphatic carbocycles. The molecule has 2 bridgehead atoms. The molecule has 2 nitrogen and oxygen atoms in total. The molecule has 0 aliphatic heterocycles. The topological polar surface area (TPSA) is 40.5 Å². The van der Waals surface area contributed by atoms with E-state index in [0.717, 1.165) is 38.9 Å². The van der Waals surface area contributed by atoms with Crippen LogP contribution in [0, 0.1) is 6.92 Å². The minimum atomic E-state index is -1.39. The predicted octanol–water partition coefficient (Wildman–Crippen LogP) is 4.61. The highest BCUT2D eigenvalue weighted by Gasteiger charge is 2.58. The van der Waals surface area contributed by atoms with Crippen molar-refractivity contribution in [3.63, 3.8) is 0 Å². The maximum atomic E-state index is 12.3. The fourth-order valence-corrected chi connectivity index (χ4v) is 5.27. The summed E-state index contributed by atoms with van der Waals surface area (Å²) in [5, 5.41) is 23.0. The summed E-state index contributed by atoms with van der Waals surface area (Å²) < 4.78 is 0. The lowest BCUT2D eigenvalue weighted by Gasteiger charge is -2.54. The molecule has 2 atom stereocenters. The Morgan fingerprint density at radius 2 is 1.42 bits per heavy atom. The summed E-state index contributed by atoms with van der Waals surface area (Å²) in [6.07, 6.45) is 1.79. The fraction of sp³-hybridized carbons (Fsp3) is 0.167. The van der Waals surface area contributed by atoms with Crippen molar-refractivity contribution in [2.24, 2.45) is 0 Å². The maximum Gasteiger partial charge on any atom is 0.145 e. The van der Waals surface area contributed by atoms with E-state index >= 15 is 0 Å². The molecule has 2 N–H and O–H groups in total. The van der Waals surface area contributed by atoms with Gasteiger partial charge in [-0.3, -0.25) is 0 Å². The summed E-state index contributed by atoms with van der Waals surface area (Å²) in [4.78, 5) is 0. The zero-order valence-electron chi connectivity index (χ0n) is 14.9. The van der Waals surface area contributed by atoms with Gasteiger partial charge in [-0.1, -0.05) is 61.2 Å². The van der Waals surface area contributed by atoms with Crippen LogP contribution < -0.4 is 0 Å². The number of hydrogen-bond donors (Lipinski definition) is 2. The Morgan fingerprint density at radius 1 is 0.846 bits per heavy atom. The molecular weight excluding hydrogens is 320 g/mol. The smallest absolute Gasteiger partial charge is 0.145 e. The Bertz CT molecular complexity index is 1050. The monoisotopic (exact) mass is 340 g/mol. The molecule has 0 saturated heterocycles. The van der Waals surface area contributed by atoms with E-state index in [4.69, 9.17) is 0 Å². The van der Waals surface area contributed by atoms with E-state index in [1.54, 1.807) is 12.1 Å². The van der Waals surface area contributed by atoms with Gasteiger partial charge in [0, 0.05) is 22.1 Å². The lowest BCUT2D eigenvalue weighted by molar-refractivity contribution is 0.103. The van der Waals surface area contributed by atoms with Gasteiger partial charge >= 0.3 is 0 Å². The van der Waals surface area contributed by atoms with E-state index in [9.17, 15) is 10.2 Å². The summed E-state index contributed by atoms with van der Waals surface area (Å²) in [6, 6.07) is 17.8. The lowest BCUT2D eigenvalue weighted by atomic mass is 9.50. The summed E-state index contributed by atoms with van der Waals surface area (Å²) >= 11 is 0.